The molecule has 0 fully saturated rings. The molecule has 0 radical (unpaired) electrons. The number of pyridine rings is 1. The average molecular weight is 272 g/mol. The second-order valence-corrected chi connectivity index (χ2v) is 4.20. The number of hydrogen-bond donors (Lipinski definition) is 3. The summed E-state index contributed by atoms with van der Waals surface area (Å²) < 4.78 is 0. The van der Waals surface area contributed by atoms with Crippen LogP contribution in [0, 0.1) is 0 Å². The molecule has 5 nitrogen and oxygen atoms in total. The molecule has 1 amide bonds. The highest BCUT2D eigenvalue weighted by molar-refractivity contribution is 7.80. The summed E-state index contributed by atoms with van der Waals surface area (Å²) in [5.74, 6) is -0.199. The lowest BCUT2D eigenvalue weighted by molar-refractivity contribution is 0.102. The van der Waals surface area contributed by atoms with Crippen LogP contribution in [0.2, 0.25) is 0 Å². The zero-order valence-corrected chi connectivity index (χ0v) is 10.8. The molecular formula is C13H12N4OS. The van der Waals surface area contributed by atoms with Crippen LogP contribution in [-0.2, 0) is 0 Å². The van der Waals surface area contributed by atoms with E-state index < -0.39 is 0 Å². The highest BCUT2D eigenvalue weighted by Gasteiger charge is 2.05. The third-order valence-corrected chi connectivity index (χ3v) is 2.44. The van der Waals surface area contributed by atoms with Crippen LogP contribution in [-0.4, -0.2) is 16.0 Å². The number of anilines is 2. The fourth-order valence-electron chi connectivity index (χ4n) is 1.49. The number of nitrogens with two attached hydrogens (primary N) is 1. The van der Waals surface area contributed by atoms with Gasteiger partial charge in [0.15, 0.2) is 5.11 Å². The van der Waals surface area contributed by atoms with Crippen molar-refractivity contribution in [2.24, 2.45) is 5.73 Å². The van der Waals surface area contributed by atoms with E-state index >= 15 is 0 Å². The first-order chi connectivity index (χ1) is 9.15. The Morgan fingerprint density at radius 3 is 2.42 bits per heavy atom. The molecule has 0 aliphatic rings. The quantitative estimate of drug-likeness (QED) is 0.745. The van der Waals surface area contributed by atoms with Crippen LogP contribution in [0.25, 0.3) is 0 Å². The predicted octanol–water partition coefficient (Wildman–Crippen LogP) is 1.99. The lowest BCUT2D eigenvalue weighted by atomic mass is 10.2. The fourth-order valence-corrected chi connectivity index (χ4v) is 1.61. The van der Waals surface area contributed by atoms with E-state index in [1.54, 1.807) is 48.8 Å². The molecule has 0 bridgehead atoms. The lowest BCUT2D eigenvalue weighted by Crippen LogP contribution is -2.19. The molecule has 0 saturated carbocycles. The summed E-state index contributed by atoms with van der Waals surface area (Å²) in [6, 6.07) is 10.4. The van der Waals surface area contributed by atoms with Crippen LogP contribution < -0.4 is 16.4 Å². The largest absolute Gasteiger partial charge is 0.376 e. The summed E-state index contributed by atoms with van der Waals surface area (Å²) in [4.78, 5) is 15.9. The second kappa shape index (κ2) is 5.92. The smallest absolute Gasteiger partial charge is 0.255 e. The van der Waals surface area contributed by atoms with Gasteiger partial charge in [0.2, 0.25) is 0 Å². The van der Waals surface area contributed by atoms with E-state index in [9.17, 15) is 4.79 Å². The highest BCUT2D eigenvalue weighted by atomic mass is 32.1. The Bertz CT molecular complexity index is 583. The van der Waals surface area contributed by atoms with Gasteiger partial charge >= 0.3 is 0 Å². The van der Waals surface area contributed by atoms with Gasteiger partial charge in [0, 0.05) is 17.4 Å². The van der Waals surface area contributed by atoms with Gasteiger partial charge in [0.05, 0.1) is 11.9 Å². The predicted molar refractivity (Wildman–Crippen MR) is 79.0 cm³/mol. The monoisotopic (exact) mass is 272 g/mol. The number of benzene rings is 1. The van der Waals surface area contributed by atoms with E-state index in [2.05, 4.69) is 15.6 Å². The van der Waals surface area contributed by atoms with Crippen molar-refractivity contribution in [3.8, 4) is 0 Å². The van der Waals surface area contributed by atoms with Crippen LogP contribution in [0.15, 0.2) is 48.8 Å². The Hall–Kier alpha value is -2.47. The Labute approximate surface area is 115 Å². The first kappa shape index (κ1) is 13.0. The molecule has 0 saturated heterocycles. The van der Waals surface area contributed by atoms with Gasteiger partial charge in [0.25, 0.3) is 5.91 Å². The van der Waals surface area contributed by atoms with Crippen molar-refractivity contribution in [2.75, 3.05) is 10.6 Å². The van der Waals surface area contributed by atoms with Crippen LogP contribution in [0.1, 0.15) is 10.4 Å². The Morgan fingerprint density at radius 1 is 1.11 bits per heavy atom. The number of carbonyl (C=O) groups is 1. The minimum Gasteiger partial charge on any atom is -0.376 e. The van der Waals surface area contributed by atoms with Gasteiger partial charge in [0.1, 0.15) is 0 Å². The molecule has 19 heavy (non-hydrogen) atoms. The summed E-state index contributed by atoms with van der Waals surface area (Å²) in [5, 5.41) is 5.72. The molecule has 2 aromatic rings. The summed E-state index contributed by atoms with van der Waals surface area (Å²) in [5.41, 5.74) is 7.29. The van der Waals surface area contributed by atoms with E-state index in [0.29, 0.717) is 11.3 Å². The number of hydrogen-bond acceptors (Lipinski definition) is 3. The van der Waals surface area contributed by atoms with Crippen molar-refractivity contribution in [3.63, 3.8) is 0 Å². The maximum atomic E-state index is 11.9. The average Bonchev–Trinajstić information content (AvgIpc) is 2.40. The first-order valence-electron chi connectivity index (χ1n) is 5.53. The Morgan fingerprint density at radius 2 is 1.84 bits per heavy atom. The molecule has 6 heteroatoms. The third kappa shape index (κ3) is 3.75. The van der Waals surface area contributed by atoms with E-state index in [1.165, 1.54) is 0 Å². The molecule has 96 valence electrons. The van der Waals surface area contributed by atoms with Gasteiger partial charge in [-0.05, 0) is 48.6 Å². The number of carbonyl (C=O) groups excluding carboxylic acids is 1. The Kier molecular flexibility index (Phi) is 4.04. The molecule has 0 unspecified atom stereocenters. The van der Waals surface area contributed by atoms with E-state index in [0.717, 1.165) is 5.69 Å². The number of nitrogens with zero attached hydrogens (tertiary/aromatic N) is 1. The van der Waals surface area contributed by atoms with E-state index in [4.69, 9.17) is 18.0 Å². The molecule has 4 N–H and O–H groups in total. The van der Waals surface area contributed by atoms with Gasteiger partial charge < -0.3 is 16.4 Å². The maximum absolute atomic E-state index is 11.9. The van der Waals surface area contributed by atoms with Crippen molar-refractivity contribution >= 4 is 34.6 Å². The van der Waals surface area contributed by atoms with Gasteiger partial charge in [-0.3, -0.25) is 9.78 Å². The van der Waals surface area contributed by atoms with Crippen molar-refractivity contribution in [3.05, 3.63) is 54.4 Å². The SMILES string of the molecule is NC(=S)Nc1ccc(C(=O)Nc2cccnc2)cc1. The molecule has 0 aliphatic heterocycles. The van der Waals surface area contributed by atoms with Gasteiger partial charge in [-0.15, -0.1) is 0 Å². The molecule has 0 aliphatic carbocycles. The van der Waals surface area contributed by atoms with Crippen LogP contribution in [0.4, 0.5) is 11.4 Å². The zero-order valence-electron chi connectivity index (χ0n) is 9.96. The van der Waals surface area contributed by atoms with Crippen molar-refractivity contribution in [1.82, 2.24) is 4.98 Å². The van der Waals surface area contributed by atoms with Crippen LogP contribution >= 0.6 is 12.2 Å². The number of amides is 1. The molecule has 2 rings (SSSR count). The summed E-state index contributed by atoms with van der Waals surface area (Å²) in [6.45, 7) is 0. The van der Waals surface area contributed by atoms with Crippen LogP contribution in [0.5, 0.6) is 0 Å². The molecule has 0 atom stereocenters. The molecule has 1 heterocycles. The first-order valence-corrected chi connectivity index (χ1v) is 5.94. The fraction of sp³-hybridized carbons (Fsp3) is 0. The number of rotatable bonds is 3. The number of thiocarbonyl (C=S) groups is 1. The zero-order chi connectivity index (χ0) is 13.7. The number of nitrogens with one attached hydrogen (secondary N) is 2. The molecule has 1 aromatic heterocycles. The van der Waals surface area contributed by atoms with Gasteiger partial charge in [-0.1, -0.05) is 0 Å². The van der Waals surface area contributed by atoms with Crippen molar-refractivity contribution < 1.29 is 4.79 Å². The molecule has 0 spiro atoms. The lowest BCUT2D eigenvalue weighted by Gasteiger charge is -2.06. The normalized spacial score (nSPS) is 9.68. The summed E-state index contributed by atoms with van der Waals surface area (Å²) >= 11 is 4.73. The third-order valence-electron chi connectivity index (χ3n) is 2.33. The summed E-state index contributed by atoms with van der Waals surface area (Å²) in [6.07, 6.45) is 3.23. The van der Waals surface area contributed by atoms with Crippen molar-refractivity contribution in [1.29, 1.82) is 0 Å². The summed E-state index contributed by atoms with van der Waals surface area (Å²) in [7, 11) is 0. The van der Waals surface area contributed by atoms with Crippen molar-refractivity contribution in [2.45, 2.75) is 0 Å². The molecular weight excluding hydrogens is 260 g/mol. The highest BCUT2D eigenvalue weighted by Crippen LogP contribution is 2.11. The standard InChI is InChI=1S/C13H12N4OS/c14-13(19)17-10-5-3-9(4-6-10)12(18)16-11-2-1-7-15-8-11/h1-8H,(H,16,18)(H3,14,17,19). The van der Waals surface area contributed by atoms with E-state index in [-0.39, 0.29) is 11.0 Å². The minimum absolute atomic E-state index is 0.188. The Balaban J connectivity index is 2.05. The van der Waals surface area contributed by atoms with Gasteiger partial charge in [-0.25, -0.2) is 0 Å². The van der Waals surface area contributed by atoms with Gasteiger partial charge in [-0.2, -0.15) is 0 Å². The topological polar surface area (TPSA) is 80.0 Å². The minimum atomic E-state index is -0.199. The molecule has 1 aromatic carbocycles. The second-order valence-electron chi connectivity index (χ2n) is 3.76. The van der Waals surface area contributed by atoms with Crippen LogP contribution in [0.3, 0.4) is 0 Å². The van der Waals surface area contributed by atoms with E-state index in [1.807, 2.05) is 0 Å². The number of aromatic nitrogens is 1. The maximum Gasteiger partial charge on any atom is 0.255 e.